The third kappa shape index (κ3) is 6.35. The molecule has 4 N–H and O–H groups in total. The minimum absolute atomic E-state index is 0. The number of hydrogen-bond acceptors (Lipinski definition) is 4. The molecule has 2 aromatic heterocycles. The SMILES string of the molecule is CCNC(=NCc1ccc(C(N)=O)o1)NCC(C)(C)c1cccs1.I. The number of thiophene rings is 1. The van der Waals surface area contributed by atoms with E-state index >= 15 is 0 Å². The van der Waals surface area contributed by atoms with Gasteiger partial charge < -0.3 is 20.8 Å². The van der Waals surface area contributed by atoms with E-state index in [2.05, 4.69) is 47.0 Å². The van der Waals surface area contributed by atoms with Crippen molar-refractivity contribution < 1.29 is 9.21 Å². The van der Waals surface area contributed by atoms with Gasteiger partial charge in [-0.3, -0.25) is 4.79 Å². The van der Waals surface area contributed by atoms with Gasteiger partial charge in [-0.1, -0.05) is 19.9 Å². The van der Waals surface area contributed by atoms with Crippen molar-refractivity contribution in [3.05, 3.63) is 46.0 Å². The maximum atomic E-state index is 11.0. The lowest BCUT2D eigenvalue weighted by Crippen LogP contribution is -2.43. The van der Waals surface area contributed by atoms with E-state index in [0.717, 1.165) is 13.1 Å². The number of aliphatic imine (C=N–C) groups is 1. The number of nitrogens with one attached hydrogen (secondary N) is 2. The Labute approximate surface area is 169 Å². The van der Waals surface area contributed by atoms with Crippen LogP contribution in [0, 0.1) is 0 Å². The Hall–Kier alpha value is -1.55. The number of nitrogens with zero attached hydrogens (tertiary/aromatic N) is 1. The van der Waals surface area contributed by atoms with Crippen molar-refractivity contribution >= 4 is 47.2 Å². The predicted octanol–water partition coefficient (Wildman–Crippen LogP) is 3.09. The first-order valence-corrected chi connectivity index (χ1v) is 8.75. The summed E-state index contributed by atoms with van der Waals surface area (Å²) in [6, 6.07) is 7.48. The summed E-state index contributed by atoms with van der Waals surface area (Å²) in [5.41, 5.74) is 5.19. The fourth-order valence-electron chi connectivity index (χ4n) is 2.15. The first-order chi connectivity index (χ1) is 11.4. The molecule has 8 heteroatoms. The molecule has 0 unspecified atom stereocenters. The molecule has 0 aliphatic rings. The van der Waals surface area contributed by atoms with Gasteiger partial charge in [-0.15, -0.1) is 35.3 Å². The average molecular weight is 476 g/mol. The molecule has 0 aliphatic heterocycles. The molecule has 6 nitrogen and oxygen atoms in total. The Bertz CT molecular complexity index is 695. The van der Waals surface area contributed by atoms with E-state index in [1.807, 2.05) is 6.92 Å². The van der Waals surface area contributed by atoms with Crippen LogP contribution in [0.25, 0.3) is 0 Å². The van der Waals surface area contributed by atoms with E-state index < -0.39 is 5.91 Å². The fraction of sp³-hybridized carbons (Fsp3) is 0.412. The summed E-state index contributed by atoms with van der Waals surface area (Å²) < 4.78 is 5.34. The van der Waals surface area contributed by atoms with E-state index in [1.54, 1.807) is 23.5 Å². The van der Waals surface area contributed by atoms with Gasteiger partial charge in [0.1, 0.15) is 12.3 Å². The fourth-order valence-corrected chi connectivity index (χ4v) is 3.00. The van der Waals surface area contributed by atoms with Crippen LogP contribution in [0.2, 0.25) is 0 Å². The highest BCUT2D eigenvalue weighted by Crippen LogP contribution is 2.26. The highest BCUT2D eigenvalue weighted by Gasteiger charge is 2.21. The Morgan fingerprint density at radius 2 is 2.08 bits per heavy atom. The van der Waals surface area contributed by atoms with Crippen molar-refractivity contribution in [2.75, 3.05) is 13.1 Å². The highest BCUT2D eigenvalue weighted by molar-refractivity contribution is 14.0. The molecule has 2 aromatic rings. The Morgan fingerprint density at radius 1 is 1.32 bits per heavy atom. The second kappa shape index (κ2) is 9.81. The van der Waals surface area contributed by atoms with Gasteiger partial charge in [0.25, 0.3) is 5.91 Å². The lowest BCUT2D eigenvalue weighted by molar-refractivity contribution is 0.0972. The van der Waals surface area contributed by atoms with Gasteiger partial charge in [-0.05, 0) is 30.5 Å². The zero-order chi connectivity index (χ0) is 17.6. The minimum Gasteiger partial charge on any atom is -0.454 e. The largest absolute Gasteiger partial charge is 0.454 e. The van der Waals surface area contributed by atoms with Crippen molar-refractivity contribution in [1.29, 1.82) is 0 Å². The summed E-state index contributed by atoms with van der Waals surface area (Å²) in [6.07, 6.45) is 0. The lowest BCUT2D eigenvalue weighted by atomic mass is 9.91. The zero-order valence-corrected chi connectivity index (χ0v) is 17.8. The smallest absolute Gasteiger partial charge is 0.284 e. The molecule has 2 rings (SSSR count). The number of halogens is 1. The minimum atomic E-state index is -0.576. The molecule has 0 atom stereocenters. The van der Waals surface area contributed by atoms with Crippen LogP contribution >= 0.6 is 35.3 Å². The van der Waals surface area contributed by atoms with Crippen molar-refractivity contribution in [1.82, 2.24) is 10.6 Å². The van der Waals surface area contributed by atoms with E-state index in [1.165, 1.54) is 4.88 Å². The summed E-state index contributed by atoms with van der Waals surface area (Å²) in [6.45, 7) is 8.25. The summed E-state index contributed by atoms with van der Waals surface area (Å²) >= 11 is 1.75. The summed E-state index contributed by atoms with van der Waals surface area (Å²) in [5, 5.41) is 8.66. The average Bonchev–Trinajstić information content (AvgIpc) is 3.21. The zero-order valence-electron chi connectivity index (χ0n) is 14.7. The molecule has 0 fully saturated rings. The second-order valence-corrected chi connectivity index (χ2v) is 6.99. The summed E-state index contributed by atoms with van der Waals surface area (Å²) in [4.78, 5) is 16.9. The quantitative estimate of drug-likeness (QED) is 0.325. The number of amides is 1. The van der Waals surface area contributed by atoms with E-state index in [4.69, 9.17) is 10.2 Å². The highest BCUT2D eigenvalue weighted by atomic mass is 127. The first kappa shape index (κ1) is 21.5. The van der Waals surface area contributed by atoms with Crippen LogP contribution in [0.5, 0.6) is 0 Å². The normalized spacial score (nSPS) is 11.7. The number of hydrogen-bond donors (Lipinski definition) is 3. The van der Waals surface area contributed by atoms with Crippen LogP contribution < -0.4 is 16.4 Å². The number of primary amides is 1. The standard InChI is InChI=1S/C17H24N4O2S.HI/c1-4-19-16(20-10-12-7-8-13(23-12)15(18)22)21-11-17(2,3)14-6-5-9-24-14;/h5-9H,4,10-11H2,1-3H3,(H2,18,22)(H2,19,20,21);1H. The molecule has 0 radical (unpaired) electrons. The van der Waals surface area contributed by atoms with Gasteiger partial charge in [0.2, 0.25) is 0 Å². The maximum Gasteiger partial charge on any atom is 0.284 e. The summed E-state index contributed by atoms with van der Waals surface area (Å²) in [5.74, 6) is 0.877. The van der Waals surface area contributed by atoms with Gasteiger partial charge >= 0.3 is 0 Å². The molecule has 25 heavy (non-hydrogen) atoms. The summed E-state index contributed by atoms with van der Waals surface area (Å²) in [7, 11) is 0. The van der Waals surface area contributed by atoms with E-state index in [9.17, 15) is 4.79 Å². The Kier molecular flexibility index (Phi) is 8.43. The maximum absolute atomic E-state index is 11.0. The second-order valence-electron chi connectivity index (χ2n) is 6.04. The molecular weight excluding hydrogens is 451 g/mol. The molecule has 0 aromatic carbocycles. The van der Waals surface area contributed by atoms with E-state index in [-0.39, 0.29) is 35.2 Å². The molecule has 1 amide bonds. The van der Waals surface area contributed by atoms with Crippen molar-refractivity contribution in [3.8, 4) is 0 Å². The van der Waals surface area contributed by atoms with Crippen molar-refractivity contribution in [2.45, 2.75) is 32.7 Å². The Morgan fingerprint density at radius 3 is 2.64 bits per heavy atom. The number of rotatable bonds is 7. The molecule has 138 valence electrons. The van der Waals surface area contributed by atoms with Gasteiger partial charge in [-0.2, -0.15) is 0 Å². The molecule has 0 aliphatic carbocycles. The van der Waals surface area contributed by atoms with Crippen molar-refractivity contribution in [3.63, 3.8) is 0 Å². The van der Waals surface area contributed by atoms with Crippen molar-refractivity contribution in [2.24, 2.45) is 10.7 Å². The van der Waals surface area contributed by atoms with Crippen LogP contribution in [-0.4, -0.2) is 25.0 Å². The van der Waals surface area contributed by atoms with Gasteiger partial charge in [0.05, 0.1) is 0 Å². The lowest BCUT2D eigenvalue weighted by Gasteiger charge is -2.25. The molecule has 0 spiro atoms. The van der Waals surface area contributed by atoms with Crippen LogP contribution in [-0.2, 0) is 12.0 Å². The number of carbonyl (C=O) groups is 1. The third-order valence-corrected chi connectivity index (χ3v) is 4.76. The van der Waals surface area contributed by atoms with Gasteiger partial charge in [-0.25, -0.2) is 4.99 Å². The topological polar surface area (TPSA) is 92.6 Å². The predicted molar refractivity (Wildman–Crippen MR) is 113 cm³/mol. The Balaban J connectivity index is 0.00000312. The number of carbonyl (C=O) groups excluding carboxylic acids is 1. The third-order valence-electron chi connectivity index (χ3n) is 3.53. The van der Waals surface area contributed by atoms with Gasteiger partial charge in [0.15, 0.2) is 11.7 Å². The monoisotopic (exact) mass is 476 g/mol. The molecule has 0 saturated carbocycles. The molecular formula is C17H25IN4O2S. The molecule has 2 heterocycles. The van der Waals surface area contributed by atoms with Crippen LogP contribution in [0.1, 0.15) is 42.0 Å². The number of guanidine groups is 1. The van der Waals surface area contributed by atoms with Crippen LogP contribution in [0.15, 0.2) is 39.1 Å². The van der Waals surface area contributed by atoms with Crippen LogP contribution in [0.3, 0.4) is 0 Å². The molecule has 0 saturated heterocycles. The molecule has 0 bridgehead atoms. The number of nitrogens with two attached hydrogens (primary N) is 1. The number of furan rings is 1. The van der Waals surface area contributed by atoms with E-state index in [0.29, 0.717) is 18.3 Å². The van der Waals surface area contributed by atoms with Gasteiger partial charge in [0, 0.05) is 23.4 Å². The van der Waals surface area contributed by atoms with Crippen LogP contribution in [0.4, 0.5) is 0 Å². The first-order valence-electron chi connectivity index (χ1n) is 7.87.